The fraction of sp³-hybridized carbons (Fsp3) is 0.200. The monoisotopic (exact) mass is 397 g/mol. The van der Waals surface area contributed by atoms with Crippen LogP contribution in [-0.4, -0.2) is 35.8 Å². The number of amides is 1. The lowest BCUT2D eigenvalue weighted by molar-refractivity contribution is -0.744. The predicted octanol–water partition coefficient (Wildman–Crippen LogP) is 1.31. The molecule has 0 fully saturated rings. The van der Waals surface area contributed by atoms with Crippen LogP contribution in [-0.2, 0) is 11.3 Å². The third-order valence-corrected chi connectivity index (χ3v) is 4.17. The molecule has 0 unspecified atom stereocenters. The lowest BCUT2D eigenvalue weighted by Gasteiger charge is -2.04. The van der Waals surface area contributed by atoms with Gasteiger partial charge in [0, 0.05) is 5.69 Å². The van der Waals surface area contributed by atoms with Gasteiger partial charge in [-0.3, -0.25) is 9.59 Å². The molecule has 9 nitrogen and oxygen atoms in total. The summed E-state index contributed by atoms with van der Waals surface area (Å²) in [6.07, 6.45) is 0. The Hall–Kier alpha value is -3.88. The van der Waals surface area contributed by atoms with Crippen molar-refractivity contribution in [2.24, 2.45) is 0 Å². The third-order valence-electron chi connectivity index (χ3n) is 4.17. The zero-order chi connectivity index (χ0) is 21.0. The SMILES string of the molecule is COc1ccc(NC(=O)c2c(=O)n(-c3ccc(OC)cc3)[nH][n+]2CC(C)=O)cc1. The summed E-state index contributed by atoms with van der Waals surface area (Å²) in [6, 6.07) is 13.4. The molecular weight excluding hydrogens is 376 g/mol. The molecule has 0 atom stereocenters. The minimum absolute atomic E-state index is 0.149. The van der Waals surface area contributed by atoms with Crippen molar-refractivity contribution in [1.82, 2.24) is 9.90 Å². The molecule has 1 aromatic heterocycles. The van der Waals surface area contributed by atoms with Gasteiger partial charge in [0.1, 0.15) is 11.5 Å². The topological polar surface area (TPSA) is 106 Å². The van der Waals surface area contributed by atoms with Gasteiger partial charge in [0.25, 0.3) is 0 Å². The molecule has 0 radical (unpaired) electrons. The number of aromatic nitrogens is 3. The molecule has 2 aromatic carbocycles. The molecule has 3 rings (SSSR count). The lowest BCUT2D eigenvalue weighted by atomic mass is 10.3. The Bertz CT molecular complexity index is 1080. The summed E-state index contributed by atoms with van der Waals surface area (Å²) in [6.45, 7) is 1.23. The molecule has 0 aliphatic carbocycles. The summed E-state index contributed by atoms with van der Waals surface area (Å²) in [5.41, 5.74) is 0.215. The number of rotatable bonds is 7. The molecule has 0 saturated heterocycles. The Morgan fingerprint density at radius 2 is 1.55 bits per heavy atom. The summed E-state index contributed by atoms with van der Waals surface area (Å²) in [7, 11) is 3.08. The van der Waals surface area contributed by atoms with E-state index in [9.17, 15) is 14.4 Å². The van der Waals surface area contributed by atoms with Gasteiger partial charge in [-0.05, 0) is 55.5 Å². The molecule has 0 aliphatic heterocycles. The molecular formula is C20H21N4O5+. The Balaban J connectivity index is 1.98. The third kappa shape index (κ3) is 4.34. The summed E-state index contributed by atoms with van der Waals surface area (Å²) in [4.78, 5) is 37.4. The van der Waals surface area contributed by atoms with Crippen molar-refractivity contribution in [2.75, 3.05) is 19.5 Å². The quantitative estimate of drug-likeness (QED) is 0.585. The fourth-order valence-corrected chi connectivity index (χ4v) is 2.77. The van der Waals surface area contributed by atoms with E-state index in [0.29, 0.717) is 22.9 Å². The fourth-order valence-electron chi connectivity index (χ4n) is 2.77. The van der Waals surface area contributed by atoms with Crippen LogP contribution in [0.1, 0.15) is 17.4 Å². The van der Waals surface area contributed by atoms with Crippen molar-refractivity contribution in [1.29, 1.82) is 0 Å². The number of benzene rings is 2. The van der Waals surface area contributed by atoms with E-state index >= 15 is 0 Å². The largest absolute Gasteiger partial charge is 0.497 e. The number of aromatic amines is 1. The molecule has 0 aliphatic rings. The second-order valence-electron chi connectivity index (χ2n) is 6.26. The van der Waals surface area contributed by atoms with Crippen LogP contribution in [0.2, 0.25) is 0 Å². The summed E-state index contributed by atoms with van der Waals surface area (Å²) >= 11 is 0. The van der Waals surface area contributed by atoms with E-state index < -0.39 is 11.5 Å². The zero-order valence-electron chi connectivity index (χ0n) is 16.3. The standard InChI is InChI=1S/C20H20N4O5/c1-13(25)12-23-18(19(26)21-14-4-8-16(28-2)9-5-14)20(27)24(22-23)15-6-10-17(29-3)11-7-15/h4-11H,12H2,1-3H3,(H-,21,22,26,27)/p+1. The number of nitrogens with one attached hydrogen (secondary N) is 2. The highest BCUT2D eigenvalue weighted by Gasteiger charge is 2.30. The second kappa shape index (κ2) is 8.42. The minimum atomic E-state index is -0.634. The molecule has 3 aromatic rings. The Morgan fingerprint density at radius 1 is 1.00 bits per heavy atom. The van der Waals surface area contributed by atoms with Gasteiger partial charge in [-0.25, -0.2) is 4.79 Å². The average molecular weight is 397 g/mol. The van der Waals surface area contributed by atoms with E-state index in [1.807, 2.05) is 0 Å². The van der Waals surface area contributed by atoms with Crippen LogP contribution in [0.15, 0.2) is 53.3 Å². The van der Waals surface area contributed by atoms with Crippen molar-refractivity contribution in [3.63, 3.8) is 0 Å². The van der Waals surface area contributed by atoms with Crippen molar-refractivity contribution in [2.45, 2.75) is 13.5 Å². The summed E-state index contributed by atoms with van der Waals surface area (Å²) in [5.74, 6) is 0.419. The van der Waals surface area contributed by atoms with Crippen LogP contribution >= 0.6 is 0 Å². The summed E-state index contributed by atoms with van der Waals surface area (Å²) in [5, 5.41) is 5.47. The van der Waals surface area contributed by atoms with Crippen LogP contribution in [0.5, 0.6) is 11.5 Å². The van der Waals surface area contributed by atoms with Gasteiger partial charge in [0.15, 0.2) is 18.0 Å². The number of ether oxygens (including phenoxy) is 2. The van der Waals surface area contributed by atoms with Gasteiger partial charge in [-0.1, -0.05) is 9.90 Å². The molecule has 0 spiro atoms. The molecule has 9 heteroatoms. The maximum absolute atomic E-state index is 12.9. The molecule has 0 saturated carbocycles. The van der Waals surface area contributed by atoms with E-state index in [0.717, 1.165) is 0 Å². The molecule has 2 N–H and O–H groups in total. The van der Waals surface area contributed by atoms with Crippen LogP contribution in [0.4, 0.5) is 5.69 Å². The summed E-state index contributed by atoms with van der Waals surface area (Å²) < 4.78 is 12.6. The molecule has 29 heavy (non-hydrogen) atoms. The van der Waals surface area contributed by atoms with Gasteiger partial charge in [0.05, 0.1) is 14.2 Å². The lowest BCUT2D eigenvalue weighted by Crippen LogP contribution is -2.47. The van der Waals surface area contributed by atoms with E-state index in [-0.39, 0.29) is 18.0 Å². The molecule has 0 bridgehead atoms. The highest BCUT2D eigenvalue weighted by atomic mass is 16.5. The number of carbonyl (C=O) groups is 2. The number of ketones is 1. The molecule has 1 amide bonds. The number of hydrogen-bond acceptors (Lipinski definition) is 5. The second-order valence-corrected chi connectivity index (χ2v) is 6.26. The minimum Gasteiger partial charge on any atom is -0.497 e. The number of carbonyl (C=O) groups excluding carboxylic acids is 2. The van der Waals surface area contributed by atoms with E-state index in [1.165, 1.54) is 23.4 Å². The van der Waals surface area contributed by atoms with Crippen molar-refractivity contribution in [3.8, 4) is 17.2 Å². The maximum atomic E-state index is 12.9. The molecule has 150 valence electrons. The maximum Gasteiger partial charge on any atom is 0.411 e. The van der Waals surface area contributed by atoms with Gasteiger partial charge < -0.3 is 14.8 Å². The predicted molar refractivity (Wildman–Crippen MR) is 105 cm³/mol. The smallest absolute Gasteiger partial charge is 0.411 e. The number of methoxy groups -OCH3 is 2. The Kier molecular flexibility index (Phi) is 5.77. The zero-order valence-corrected chi connectivity index (χ0v) is 16.3. The van der Waals surface area contributed by atoms with Crippen LogP contribution in [0.25, 0.3) is 5.69 Å². The van der Waals surface area contributed by atoms with Gasteiger partial charge in [-0.2, -0.15) is 0 Å². The highest BCUT2D eigenvalue weighted by Crippen LogP contribution is 2.16. The van der Waals surface area contributed by atoms with Crippen LogP contribution in [0, 0.1) is 0 Å². The highest BCUT2D eigenvalue weighted by molar-refractivity contribution is 6.01. The number of H-pyrrole nitrogens is 1. The first-order chi connectivity index (χ1) is 13.9. The number of Topliss-reactive ketones (excluding diaryl/α,β-unsaturated/α-hetero) is 1. The van der Waals surface area contributed by atoms with Crippen LogP contribution < -0.4 is 25.0 Å². The van der Waals surface area contributed by atoms with Crippen molar-refractivity contribution in [3.05, 3.63) is 64.6 Å². The van der Waals surface area contributed by atoms with Crippen molar-refractivity contribution >= 4 is 17.4 Å². The first-order valence-electron chi connectivity index (χ1n) is 8.77. The van der Waals surface area contributed by atoms with E-state index in [4.69, 9.17) is 9.47 Å². The first kappa shape index (κ1) is 19.9. The van der Waals surface area contributed by atoms with Gasteiger partial charge in [-0.15, -0.1) is 4.68 Å². The van der Waals surface area contributed by atoms with E-state index in [2.05, 4.69) is 10.5 Å². The number of anilines is 1. The van der Waals surface area contributed by atoms with Crippen molar-refractivity contribution < 1.29 is 23.7 Å². The first-order valence-corrected chi connectivity index (χ1v) is 8.77. The average Bonchev–Trinajstić information content (AvgIpc) is 3.03. The molecule has 1 heterocycles. The van der Waals surface area contributed by atoms with E-state index in [1.54, 1.807) is 55.6 Å². The number of nitrogens with zero attached hydrogens (tertiary/aromatic N) is 2. The Morgan fingerprint density at radius 3 is 2.07 bits per heavy atom. The Labute approximate surface area is 166 Å². The van der Waals surface area contributed by atoms with Gasteiger partial charge >= 0.3 is 17.2 Å². The van der Waals surface area contributed by atoms with Crippen LogP contribution in [0.3, 0.4) is 0 Å². The van der Waals surface area contributed by atoms with Gasteiger partial charge in [0.2, 0.25) is 0 Å². The number of hydrogen-bond donors (Lipinski definition) is 2. The normalized spacial score (nSPS) is 10.4.